The van der Waals surface area contributed by atoms with Gasteiger partial charge in [0.2, 0.25) is 0 Å². The molecule has 1 aliphatic rings. The molecule has 2 heterocycles. The van der Waals surface area contributed by atoms with Crippen molar-refractivity contribution in [3.05, 3.63) is 48.0 Å². The number of nitrogens with zero attached hydrogens (tertiary/aromatic N) is 2. The SMILES string of the molecule is CC(NC(=O)c1cc(N)cn1C1CC1)c1ccncc1. The molecular formula is C15H18N4O. The van der Waals surface area contributed by atoms with Crippen molar-refractivity contribution < 1.29 is 4.79 Å². The zero-order valence-electron chi connectivity index (χ0n) is 11.4. The van der Waals surface area contributed by atoms with E-state index in [9.17, 15) is 4.79 Å². The van der Waals surface area contributed by atoms with Crippen LogP contribution in [0.25, 0.3) is 0 Å². The quantitative estimate of drug-likeness (QED) is 0.895. The highest BCUT2D eigenvalue weighted by Gasteiger charge is 2.28. The van der Waals surface area contributed by atoms with E-state index in [1.807, 2.05) is 29.8 Å². The summed E-state index contributed by atoms with van der Waals surface area (Å²) in [6, 6.07) is 5.92. The Kier molecular flexibility index (Phi) is 3.18. The Morgan fingerprint density at radius 2 is 2.15 bits per heavy atom. The monoisotopic (exact) mass is 270 g/mol. The minimum absolute atomic E-state index is 0.0609. The second-order valence-electron chi connectivity index (χ2n) is 5.27. The maximum absolute atomic E-state index is 12.4. The van der Waals surface area contributed by atoms with Gasteiger partial charge in [-0.15, -0.1) is 0 Å². The van der Waals surface area contributed by atoms with E-state index in [2.05, 4.69) is 10.3 Å². The molecule has 0 spiro atoms. The van der Waals surface area contributed by atoms with Gasteiger partial charge in [-0.2, -0.15) is 0 Å². The Labute approximate surface area is 117 Å². The predicted molar refractivity (Wildman–Crippen MR) is 77.2 cm³/mol. The Balaban J connectivity index is 1.76. The average Bonchev–Trinajstić information content (AvgIpc) is 3.22. The molecule has 1 amide bonds. The van der Waals surface area contributed by atoms with E-state index in [4.69, 9.17) is 5.73 Å². The lowest BCUT2D eigenvalue weighted by Gasteiger charge is -2.15. The third kappa shape index (κ3) is 2.52. The standard InChI is InChI=1S/C15H18N4O/c1-10(11-4-6-17-7-5-11)18-15(20)14-8-12(16)9-19(14)13-2-3-13/h4-10,13H,2-3,16H2,1H3,(H,18,20). The largest absolute Gasteiger partial charge is 0.397 e. The van der Waals surface area contributed by atoms with E-state index in [-0.39, 0.29) is 11.9 Å². The number of hydrogen-bond donors (Lipinski definition) is 2. The zero-order valence-corrected chi connectivity index (χ0v) is 11.4. The summed E-state index contributed by atoms with van der Waals surface area (Å²) in [4.78, 5) is 16.4. The number of anilines is 1. The highest BCUT2D eigenvalue weighted by molar-refractivity contribution is 5.94. The number of aromatic nitrogens is 2. The van der Waals surface area contributed by atoms with Crippen LogP contribution in [-0.4, -0.2) is 15.5 Å². The van der Waals surface area contributed by atoms with Gasteiger partial charge in [-0.1, -0.05) is 0 Å². The van der Waals surface area contributed by atoms with Gasteiger partial charge in [-0.3, -0.25) is 9.78 Å². The fourth-order valence-corrected chi connectivity index (χ4v) is 2.34. The van der Waals surface area contributed by atoms with Crippen molar-refractivity contribution in [3.63, 3.8) is 0 Å². The molecule has 20 heavy (non-hydrogen) atoms. The van der Waals surface area contributed by atoms with Gasteiger partial charge in [0.25, 0.3) is 5.91 Å². The van der Waals surface area contributed by atoms with Crippen LogP contribution in [0.15, 0.2) is 36.8 Å². The van der Waals surface area contributed by atoms with Crippen LogP contribution >= 0.6 is 0 Å². The second-order valence-corrected chi connectivity index (χ2v) is 5.27. The van der Waals surface area contributed by atoms with Crippen molar-refractivity contribution in [2.45, 2.75) is 31.8 Å². The highest BCUT2D eigenvalue weighted by atomic mass is 16.2. The number of amides is 1. The molecule has 0 radical (unpaired) electrons. The van der Waals surface area contributed by atoms with Crippen LogP contribution in [0, 0.1) is 0 Å². The number of carbonyl (C=O) groups excluding carboxylic acids is 1. The summed E-state index contributed by atoms with van der Waals surface area (Å²) >= 11 is 0. The Morgan fingerprint density at radius 1 is 1.45 bits per heavy atom. The zero-order chi connectivity index (χ0) is 14.1. The predicted octanol–water partition coefficient (Wildman–Crippen LogP) is 2.29. The van der Waals surface area contributed by atoms with Crippen molar-refractivity contribution in [2.24, 2.45) is 0 Å². The van der Waals surface area contributed by atoms with Crippen LogP contribution in [0.4, 0.5) is 5.69 Å². The molecule has 2 aromatic heterocycles. The van der Waals surface area contributed by atoms with Crippen molar-refractivity contribution in [1.29, 1.82) is 0 Å². The molecular weight excluding hydrogens is 252 g/mol. The minimum Gasteiger partial charge on any atom is -0.397 e. The number of hydrogen-bond acceptors (Lipinski definition) is 3. The van der Waals surface area contributed by atoms with Crippen LogP contribution in [0.2, 0.25) is 0 Å². The summed E-state index contributed by atoms with van der Waals surface area (Å²) in [7, 11) is 0. The fraction of sp³-hybridized carbons (Fsp3) is 0.333. The van der Waals surface area contributed by atoms with E-state index < -0.39 is 0 Å². The summed E-state index contributed by atoms with van der Waals surface area (Å²) in [5, 5.41) is 3.01. The number of nitrogen functional groups attached to an aromatic ring is 1. The van der Waals surface area contributed by atoms with E-state index in [1.165, 1.54) is 0 Å². The van der Waals surface area contributed by atoms with E-state index in [0.717, 1.165) is 18.4 Å². The topological polar surface area (TPSA) is 72.9 Å². The molecule has 0 aromatic carbocycles. The Morgan fingerprint density at radius 3 is 2.80 bits per heavy atom. The first-order valence-electron chi connectivity index (χ1n) is 6.83. The molecule has 5 heteroatoms. The summed E-state index contributed by atoms with van der Waals surface area (Å²) in [5.41, 5.74) is 8.13. The maximum Gasteiger partial charge on any atom is 0.268 e. The Hall–Kier alpha value is -2.30. The Bertz CT molecular complexity index is 616. The minimum atomic E-state index is -0.0853. The molecule has 3 rings (SSSR count). The van der Waals surface area contributed by atoms with Gasteiger partial charge in [-0.05, 0) is 43.5 Å². The van der Waals surface area contributed by atoms with E-state index in [1.54, 1.807) is 18.5 Å². The van der Waals surface area contributed by atoms with Crippen LogP contribution in [0.5, 0.6) is 0 Å². The van der Waals surface area contributed by atoms with Crippen molar-refractivity contribution in [2.75, 3.05) is 5.73 Å². The molecule has 104 valence electrons. The molecule has 1 unspecified atom stereocenters. The molecule has 0 saturated heterocycles. The smallest absolute Gasteiger partial charge is 0.268 e. The van der Waals surface area contributed by atoms with E-state index >= 15 is 0 Å². The van der Waals surface area contributed by atoms with Crippen LogP contribution in [0.1, 0.15) is 47.9 Å². The summed E-state index contributed by atoms with van der Waals surface area (Å²) in [5.74, 6) is -0.0853. The van der Waals surface area contributed by atoms with Crippen molar-refractivity contribution in [3.8, 4) is 0 Å². The average molecular weight is 270 g/mol. The maximum atomic E-state index is 12.4. The van der Waals surface area contributed by atoms with Crippen LogP contribution in [-0.2, 0) is 0 Å². The first-order chi connectivity index (χ1) is 9.65. The van der Waals surface area contributed by atoms with Crippen molar-refractivity contribution in [1.82, 2.24) is 14.9 Å². The highest BCUT2D eigenvalue weighted by Crippen LogP contribution is 2.37. The first kappa shape index (κ1) is 12.7. The van der Waals surface area contributed by atoms with Gasteiger partial charge >= 0.3 is 0 Å². The number of rotatable bonds is 4. The lowest BCUT2D eigenvalue weighted by Crippen LogP contribution is -2.28. The second kappa shape index (κ2) is 5.00. The number of pyridine rings is 1. The number of carbonyl (C=O) groups is 1. The molecule has 5 nitrogen and oxygen atoms in total. The van der Waals surface area contributed by atoms with Gasteiger partial charge in [0.05, 0.1) is 11.7 Å². The molecule has 2 aromatic rings. The number of nitrogens with two attached hydrogens (primary N) is 1. The summed E-state index contributed by atoms with van der Waals surface area (Å²) in [6.07, 6.45) is 7.54. The fourth-order valence-electron chi connectivity index (χ4n) is 2.34. The van der Waals surface area contributed by atoms with Crippen molar-refractivity contribution >= 4 is 11.6 Å². The summed E-state index contributed by atoms with van der Waals surface area (Å²) < 4.78 is 1.99. The van der Waals surface area contributed by atoms with Gasteiger partial charge in [0.15, 0.2) is 0 Å². The molecule has 0 aliphatic heterocycles. The normalized spacial score (nSPS) is 15.8. The molecule has 0 bridgehead atoms. The van der Waals surface area contributed by atoms with Gasteiger partial charge in [-0.25, -0.2) is 0 Å². The molecule has 1 saturated carbocycles. The first-order valence-corrected chi connectivity index (χ1v) is 6.83. The molecule has 1 atom stereocenters. The third-order valence-electron chi connectivity index (χ3n) is 3.60. The molecule has 3 N–H and O–H groups in total. The lowest BCUT2D eigenvalue weighted by molar-refractivity contribution is 0.0930. The van der Waals surface area contributed by atoms with Gasteiger partial charge in [0, 0.05) is 24.6 Å². The third-order valence-corrected chi connectivity index (χ3v) is 3.60. The summed E-state index contributed by atoms with van der Waals surface area (Å²) in [6.45, 7) is 1.96. The van der Waals surface area contributed by atoms with Crippen LogP contribution in [0.3, 0.4) is 0 Å². The van der Waals surface area contributed by atoms with Gasteiger partial charge in [0.1, 0.15) is 5.69 Å². The van der Waals surface area contributed by atoms with E-state index in [0.29, 0.717) is 17.4 Å². The lowest BCUT2D eigenvalue weighted by atomic mass is 10.1. The number of nitrogens with one attached hydrogen (secondary N) is 1. The van der Waals surface area contributed by atoms with Crippen LogP contribution < -0.4 is 11.1 Å². The molecule has 1 aliphatic carbocycles. The van der Waals surface area contributed by atoms with Gasteiger partial charge < -0.3 is 15.6 Å². The molecule has 1 fully saturated rings.